The molecule has 8 heteroatoms. The molecule has 0 aromatic heterocycles. The molecule has 3 amide bonds. The number of carbonyl (C=O) groups excluding carboxylic acids is 2. The summed E-state index contributed by atoms with van der Waals surface area (Å²) in [5.74, 6) is -0.112. The summed E-state index contributed by atoms with van der Waals surface area (Å²) >= 11 is 0. The fraction of sp³-hybridized carbons (Fsp3) is 0.391. The lowest BCUT2D eigenvalue weighted by atomic mass is 9.96. The van der Waals surface area contributed by atoms with Gasteiger partial charge in [-0.2, -0.15) is 0 Å². The van der Waals surface area contributed by atoms with Gasteiger partial charge in [0.15, 0.2) is 0 Å². The number of hydrazine groups is 1. The second-order valence-electron chi connectivity index (χ2n) is 8.18. The van der Waals surface area contributed by atoms with E-state index in [0.29, 0.717) is 25.2 Å². The first kappa shape index (κ1) is 21.3. The van der Waals surface area contributed by atoms with E-state index in [2.05, 4.69) is 33.6 Å². The van der Waals surface area contributed by atoms with Gasteiger partial charge in [0.2, 0.25) is 5.91 Å². The van der Waals surface area contributed by atoms with E-state index in [-0.39, 0.29) is 29.9 Å². The molecule has 7 nitrogen and oxygen atoms in total. The van der Waals surface area contributed by atoms with Gasteiger partial charge < -0.3 is 15.5 Å². The van der Waals surface area contributed by atoms with Crippen LogP contribution in [-0.4, -0.2) is 42.5 Å². The molecule has 3 unspecified atom stereocenters. The number of rotatable bonds is 5. The highest BCUT2D eigenvalue weighted by Gasteiger charge is 2.34. The average molecular weight is 426 g/mol. The van der Waals surface area contributed by atoms with Crippen molar-refractivity contribution in [2.45, 2.75) is 31.3 Å². The third-order valence-corrected chi connectivity index (χ3v) is 5.87. The largest absolute Gasteiger partial charge is 0.341 e. The Hall–Kier alpha value is -2.97. The Balaban J connectivity index is 1.24. The minimum Gasteiger partial charge on any atom is -0.341 e. The minimum absolute atomic E-state index is 0.0971. The zero-order valence-electron chi connectivity index (χ0n) is 17.3. The second kappa shape index (κ2) is 9.89. The van der Waals surface area contributed by atoms with Gasteiger partial charge in [0.05, 0.1) is 0 Å². The maximum atomic E-state index is 13.2. The number of anilines is 1. The van der Waals surface area contributed by atoms with Gasteiger partial charge in [-0.05, 0) is 48.9 Å². The van der Waals surface area contributed by atoms with Crippen molar-refractivity contribution in [2.75, 3.05) is 25.0 Å². The Bertz CT molecular complexity index is 910. The van der Waals surface area contributed by atoms with Crippen LogP contribution >= 0.6 is 0 Å². The number of likely N-dealkylation sites (tertiary alicyclic amines) is 1. The molecular formula is C23H28FN5O2. The molecule has 4 N–H and O–H groups in total. The van der Waals surface area contributed by atoms with Crippen LogP contribution in [-0.2, 0) is 4.79 Å². The van der Waals surface area contributed by atoms with Crippen LogP contribution in [0.5, 0.6) is 0 Å². The number of benzene rings is 2. The minimum atomic E-state index is -0.399. The van der Waals surface area contributed by atoms with Crippen molar-refractivity contribution < 1.29 is 14.0 Å². The lowest BCUT2D eigenvalue weighted by molar-refractivity contribution is -0.135. The van der Waals surface area contributed by atoms with Crippen LogP contribution in [0.3, 0.4) is 0 Å². The second-order valence-corrected chi connectivity index (χ2v) is 8.18. The van der Waals surface area contributed by atoms with Gasteiger partial charge in [0.1, 0.15) is 11.9 Å². The Kier molecular flexibility index (Phi) is 6.79. The monoisotopic (exact) mass is 425 g/mol. The number of halogens is 1. The summed E-state index contributed by atoms with van der Waals surface area (Å²) in [6.45, 7) is 1.82. The molecule has 4 rings (SSSR count). The molecule has 0 saturated carbocycles. The number of nitrogens with one attached hydrogen (secondary N) is 4. The Labute approximate surface area is 181 Å². The lowest BCUT2D eigenvalue weighted by Gasteiger charge is -2.34. The molecule has 2 aliphatic heterocycles. The first-order valence-corrected chi connectivity index (χ1v) is 10.7. The zero-order valence-corrected chi connectivity index (χ0v) is 17.3. The van der Waals surface area contributed by atoms with E-state index < -0.39 is 5.82 Å². The van der Waals surface area contributed by atoms with Crippen LogP contribution in [0.15, 0.2) is 54.6 Å². The molecule has 3 atom stereocenters. The number of nitrogens with zero attached hydrogens (tertiary/aromatic N) is 1. The molecule has 2 aliphatic rings. The molecule has 164 valence electrons. The quantitative estimate of drug-likeness (QED) is 0.594. The standard InChI is InChI=1S/C23H28FN5O2/c24-18-9-4-10-19(12-18)26-23(31)25-14-16-6-5-11-29(15-16)22(30)21-13-20(27-28-21)17-7-2-1-3-8-17/h1-4,7-10,12,16,20-21,27-28H,5-6,11,13-15H2,(H2,25,26,31). The van der Waals surface area contributed by atoms with E-state index in [1.54, 1.807) is 12.1 Å². The fourth-order valence-corrected chi connectivity index (χ4v) is 4.25. The predicted octanol–water partition coefficient (Wildman–Crippen LogP) is 2.79. The molecular weight excluding hydrogens is 397 g/mol. The van der Waals surface area contributed by atoms with Crippen LogP contribution in [0.25, 0.3) is 0 Å². The Morgan fingerprint density at radius 1 is 1.10 bits per heavy atom. The van der Waals surface area contributed by atoms with E-state index in [1.165, 1.54) is 12.1 Å². The maximum absolute atomic E-state index is 13.2. The molecule has 0 radical (unpaired) electrons. The van der Waals surface area contributed by atoms with E-state index in [0.717, 1.165) is 24.9 Å². The van der Waals surface area contributed by atoms with Crippen LogP contribution in [0.2, 0.25) is 0 Å². The molecule has 2 aromatic rings. The van der Waals surface area contributed by atoms with E-state index in [9.17, 15) is 14.0 Å². The Morgan fingerprint density at radius 3 is 2.74 bits per heavy atom. The van der Waals surface area contributed by atoms with E-state index in [1.807, 2.05) is 23.1 Å². The van der Waals surface area contributed by atoms with Crippen molar-refractivity contribution in [1.82, 2.24) is 21.1 Å². The number of carbonyl (C=O) groups is 2. The van der Waals surface area contributed by atoms with Crippen molar-refractivity contribution in [3.8, 4) is 0 Å². The number of hydrogen-bond donors (Lipinski definition) is 4. The summed E-state index contributed by atoms with van der Waals surface area (Å²) in [6, 6.07) is 15.4. The fourth-order valence-electron chi connectivity index (χ4n) is 4.25. The normalized spacial score (nSPS) is 23.4. The van der Waals surface area contributed by atoms with Gasteiger partial charge in [0.25, 0.3) is 0 Å². The number of urea groups is 1. The van der Waals surface area contributed by atoms with Crippen LogP contribution < -0.4 is 21.5 Å². The average Bonchev–Trinajstić information content (AvgIpc) is 3.28. The molecule has 2 heterocycles. The first-order valence-electron chi connectivity index (χ1n) is 10.7. The summed E-state index contributed by atoms with van der Waals surface area (Å²) in [5.41, 5.74) is 7.95. The van der Waals surface area contributed by atoms with Gasteiger partial charge in [0, 0.05) is 31.4 Å². The molecule has 0 aliphatic carbocycles. The highest BCUT2D eigenvalue weighted by molar-refractivity contribution is 5.89. The van der Waals surface area contributed by atoms with Crippen molar-refractivity contribution in [3.63, 3.8) is 0 Å². The number of piperidine rings is 1. The lowest BCUT2D eigenvalue weighted by Crippen LogP contribution is -2.50. The van der Waals surface area contributed by atoms with Crippen LogP contribution in [0.1, 0.15) is 30.9 Å². The third-order valence-electron chi connectivity index (χ3n) is 5.87. The van der Waals surface area contributed by atoms with E-state index in [4.69, 9.17) is 0 Å². The molecule has 2 fully saturated rings. The van der Waals surface area contributed by atoms with Gasteiger partial charge >= 0.3 is 6.03 Å². The molecule has 31 heavy (non-hydrogen) atoms. The number of amides is 3. The highest BCUT2D eigenvalue weighted by Crippen LogP contribution is 2.24. The van der Waals surface area contributed by atoms with Crippen molar-refractivity contribution in [1.29, 1.82) is 0 Å². The molecule has 2 saturated heterocycles. The smallest absolute Gasteiger partial charge is 0.319 e. The topological polar surface area (TPSA) is 85.5 Å². The van der Waals surface area contributed by atoms with Gasteiger partial charge in [-0.15, -0.1) is 0 Å². The SMILES string of the molecule is O=C(NCC1CCCN(C(=O)C2CC(c3ccccc3)NN2)C1)Nc1cccc(F)c1. The third kappa shape index (κ3) is 5.59. The zero-order chi connectivity index (χ0) is 21.6. The molecule has 0 spiro atoms. The molecule has 0 bridgehead atoms. The van der Waals surface area contributed by atoms with Crippen LogP contribution in [0, 0.1) is 11.7 Å². The summed E-state index contributed by atoms with van der Waals surface area (Å²) in [7, 11) is 0. The van der Waals surface area contributed by atoms with Gasteiger partial charge in [-0.1, -0.05) is 36.4 Å². The first-order chi connectivity index (χ1) is 15.1. The van der Waals surface area contributed by atoms with Gasteiger partial charge in [-0.25, -0.2) is 20.0 Å². The summed E-state index contributed by atoms with van der Waals surface area (Å²) in [5, 5.41) is 5.47. The van der Waals surface area contributed by atoms with Gasteiger partial charge in [-0.3, -0.25) is 4.79 Å². The number of hydrogen-bond acceptors (Lipinski definition) is 4. The van der Waals surface area contributed by atoms with Crippen molar-refractivity contribution >= 4 is 17.6 Å². The summed E-state index contributed by atoms with van der Waals surface area (Å²) in [4.78, 5) is 27.0. The van der Waals surface area contributed by atoms with Crippen molar-refractivity contribution in [2.24, 2.45) is 5.92 Å². The molecule has 2 aromatic carbocycles. The van der Waals surface area contributed by atoms with E-state index >= 15 is 0 Å². The summed E-state index contributed by atoms with van der Waals surface area (Å²) in [6.07, 6.45) is 2.57. The maximum Gasteiger partial charge on any atom is 0.319 e. The predicted molar refractivity (Wildman–Crippen MR) is 117 cm³/mol. The van der Waals surface area contributed by atoms with Crippen LogP contribution in [0.4, 0.5) is 14.9 Å². The highest BCUT2D eigenvalue weighted by atomic mass is 19.1. The summed E-state index contributed by atoms with van der Waals surface area (Å²) < 4.78 is 13.2. The van der Waals surface area contributed by atoms with Crippen molar-refractivity contribution in [3.05, 3.63) is 66.0 Å². The Morgan fingerprint density at radius 2 is 1.94 bits per heavy atom.